The second-order valence-electron chi connectivity index (χ2n) is 8.19. The van der Waals surface area contributed by atoms with E-state index in [-0.39, 0.29) is 39.9 Å². The van der Waals surface area contributed by atoms with Gasteiger partial charge in [-0.15, -0.1) is 0 Å². The third-order valence-corrected chi connectivity index (χ3v) is 6.10. The Balaban J connectivity index is 1.52. The first-order valence-electron chi connectivity index (χ1n) is 10.3. The number of fused-ring (bicyclic) bond motifs is 3. The van der Waals surface area contributed by atoms with Gasteiger partial charge in [0.25, 0.3) is 5.91 Å². The average Bonchev–Trinajstić information content (AvgIpc) is 3.11. The van der Waals surface area contributed by atoms with Gasteiger partial charge in [-0.1, -0.05) is 25.1 Å². The van der Waals surface area contributed by atoms with Gasteiger partial charge < -0.3 is 15.0 Å². The second kappa shape index (κ2) is 7.44. The van der Waals surface area contributed by atoms with Crippen LogP contribution in [0.3, 0.4) is 0 Å². The Labute approximate surface area is 182 Å². The summed E-state index contributed by atoms with van der Waals surface area (Å²) in [5.41, 5.74) is 1.08. The molecule has 1 aliphatic heterocycles. The molecule has 1 amide bonds. The van der Waals surface area contributed by atoms with E-state index >= 15 is 0 Å². The molecule has 1 aliphatic rings. The molecule has 3 unspecified atom stereocenters. The lowest BCUT2D eigenvalue weighted by Gasteiger charge is -2.24. The summed E-state index contributed by atoms with van der Waals surface area (Å²) < 4.78 is 34.0. The van der Waals surface area contributed by atoms with E-state index in [0.29, 0.717) is 5.52 Å². The van der Waals surface area contributed by atoms with Crippen molar-refractivity contribution in [1.29, 1.82) is 0 Å². The molecule has 5 nitrogen and oxygen atoms in total. The van der Waals surface area contributed by atoms with Gasteiger partial charge in [-0.2, -0.15) is 0 Å². The topological polar surface area (TPSA) is 71.2 Å². The summed E-state index contributed by atoms with van der Waals surface area (Å²) in [7, 11) is 0. The van der Waals surface area contributed by atoms with E-state index in [1.54, 1.807) is 0 Å². The number of hydrogen-bond acceptors (Lipinski definition) is 3. The molecule has 3 aromatic carbocycles. The first-order valence-corrected chi connectivity index (χ1v) is 10.3. The smallest absolute Gasteiger partial charge is 0.253 e. The van der Waals surface area contributed by atoms with Gasteiger partial charge >= 0.3 is 0 Å². The Morgan fingerprint density at radius 3 is 2.59 bits per heavy atom. The fourth-order valence-corrected chi connectivity index (χ4v) is 4.48. The van der Waals surface area contributed by atoms with Crippen molar-refractivity contribution < 1.29 is 18.3 Å². The van der Waals surface area contributed by atoms with Crippen LogP contribution in [-0.4, -0.2) is 23.0 Å². The maximum atomic E-state index is 14.4. The van der Waals surface area contributed by atoms with Gasteiger partial charge in [0, 0.05) is 27.8 Å². The predicted octanol–water partition coefficient (Wildman–Crippen LogP) is 4.64. The molecular formula is C25H20F2N2O3. The number of aromatic nitrogens is 1. The Kier molecular flexibility index (Phi) is 4.69. The number of amides is 1. The first-order chi connectivity index (χ1) is 15.3. The molecule has 32 heavy (non-hydrogen) atoms. The highest BCUT2D eigenvalue weighted by Crippen LogP contribution is 2.38. The van der Waals surface area contributed by atoms with E-state index in [0.717, 1.165) is 29.5 Å². The third kappa shape index (κ3) is 3.21. The maximum Gasteiger partial charge on any atom is 0.253 e. The summed E-state index contributed by atoms with van der Waals surface area (Å²) >= 11 is 0. The van der Waals surface area contributed by atoms with E-state index in [4.69, 9.17) is 4.74 Å². The van der Waals surface area contributed by atoms with Crippen LogP contribution >= 0.6 is 0 Å². The van der Waals surface area contributed by atoms with Crippen LogP contribution in [0.15, 0.2) is 59.4 Å². The van der Waals surface area contributed by atoms with Crippen LogP contribution in [0.5, 0.6) is 5.75 Å². The van der Waals surface area contributed by atoms with Crippen LogP contribution in [0.25, 0.3) is 21.8 Å². The van der Waals surface area contributed by atoms with E-state index in [1.807, 2.05) is 38.1 Å². The van der Waals surface area contributed by atoms with Gasteiger partial charge in [-0.25, -0.2) is 8.78 Å². The highest BCUT2D eigenvalue weighted by molar-refractivity contribution is 6.07. The monoisotopic (exact) mass is 434 g/mol. The molecule has 0 spiro atoms. The van der Waals surface area contributed by atoms with E-state index in [2.05, 4.69) is 10.3 Å². The number of nitrogens with one attached hydrogen (secondary N) is 2. The number of benzene rings is 3. The average molecular weight is 434 g/mol. The van der Waals surface area contributed by atoms with Crippen molar-refractivity contribution in [3.8, 4) is 5.75 Å². The molecule has 3 atom stereocenters. The molecule has 0 bridgehead atoms. The molecule has 162 valence electrons. The Bertz CT molecular complexity index is 1450. The van der Waals surface area contributed by atoms with Gasteiger partial charge in [0.15, 0.2) is 5.43 Å². The lowest BCUT2D eigenvalue weighted by atomic mass is 9.93. The lowest BCUT2D eigenvalue weighted by molar-refractivity contribution is 0.0886. The number of carbonyl (C=O) groups excluding carboxylic acids is 1. The predicted molar refractivity (Wildman–Crippen MR) is 118 cm³/mol. The van der Waals surface area contributed by atoms with E-state index in [9.17, 15) is 18.4 Å². The summed E-state index contributed by atoms with van der Waals surface area (Å²) in [5.74, 6) is -0.993. The zero-order chi connectivity index (χ0) is 22.6. The third-order valence-electron chi connectivity index (χ3n) is 6.10. The van der Waals surface area contributed by atoms with Gasteiger partial charge in [0.05, 0.1) is 17.1 Å². The summed E-state index contributed by atoms with van der Waals surface area (Å²) in [6.45, 7) is 3.85. The number of pyridine rings is 1. The van der Waals surface area contributed by atoms with Gasteiger partial charge in [0.1, 0.15) is 23.5 Å². The molecule has 0 aliphatic carbocycles. The summed E-state index contributed by atoms with van der Waals surface area (Å²) in [4.78, 5) is 29.0. The van der Waals surface area contributed by atoms with Crippen LogP contribution in [-0.2, 0) is 0 Å². The number of para-hydroxylation sites is 1. The molecular weight excluding hydrogens is 414 g/mol. The largest absolute Gasteiger partial charge is 0.487 e. The van der Waals surface area contributed by atoms with Crippen molar-refractivity contribution in [2.24, 2.45) is 0 Å². The summed E-state index contributed by atoms with van der Waals surface area (Å²) in [5, 5.41) is 2.96. The number of rotatable bonds is 3. The van der Waals surface area contributed by atoms with E-state index < -0.39 is 23.0 Å². The SMILES string of the molecule is CC(NC(=O)c1cc(F)cc2c(=O)c3cc(F)ccc3[nH]c12)C1Oc2ccccc2C1C. The minimum Gasteiger partial charge on any atom is -0.487 e. The second-order valence-corrected chi connectivity index (χ2v) is 8.19. The lowest BCUT2D eigenvalue weighted by Crippen LogP contribution is -2.44. The Morgan fingerprint density at radius 2 is 1.81 bits per heavy atom. The molecule has 2 N–H and O–H groups in total. The standard InChI is InChI=1S/C25H20F2N2O3/c1-12-16-5-3-4-6-21(16)32-24(12)13(2)28-25(31)19-11-15(27)10-18-22(19)29-20-8-7-14(26)9-17(20)23(18)30/h3-13,24H,1-2H3,(H,28,31)(H,29,30). The fraction of sp³-hybridized carbons (Fsp3) is 0.200. The minimum atomic E-state index is -0.727. The van der Waals surface area contributed by atoms with Crippen LogP contribution in [0.1, 0.15) is 35.7 Å². The number of aromatic amines is 1. The van der Waals surface area contributed by atoms with Crippen LogP contribution in [0.4, 0.5) is 8.78 Å². The normalized spacial score (nSPS) is 18.4. The number of hydrogen-bond donors (Lipinski definition) is 2. The molecule has 1 aromatic heterocycles. The van der Waals surface area contributed by atoms with Crippen LogP contribution < -0.4 is 15.5 Å². The zero-order valence-corrected chi connectivity index (χ0v) is 17.4. The highest BCUT2D eigenvalue weighted by Gasteiger charge is 2.35. The van der Waals surface area contributed by atoms with Gasteiger partial charge in [-0.3, -0.25) is 9.59 Å². The minimum absolute atomic E-state index is 0.00154. The maximum absolute atomic E-state index is 14.4. The van der Waals surface area contributed by atoms with Crippen molar-refractivity contribution >= 4 is 27.7 Å². The first kappa shape index (κ1) is 20.2. The summed E-state index contributed by atoms with van der Waals surface area (Å²) in [6.07, 6.45) is -0.293. The van der Waals surface area contributed by atoms with Crippen LogP contribution in [0, 0.1) is 11.6 Å². The number of carbonyl (C=O) groups is 1. The molecule has 5 rings (SSSR count). The van der Waals surface area contributed by atoms with Gasteiger partial charge in [0.2, 0.25) is 0 Å². The fourth-order valence-electron chi connectivity index (χ4n) is 4.48. The van der Waals surface area contributed by atoms with Crippen molar-refractivity contribution in [1.82, 2.24) is 10.3 Å². The van der Waals surface area contributed by atoms with E-state index in [1.165, 1.54) is 12.1 Å². The molecule has 0 saturated heterocycles. The highest BCUT2D eigenvalue weighted by atomic mass is 19.1. The summed E-state index contributed by atoms with van der Waals surface area (Å²) in [6, 6.07) is 13.2. The van der Waals surface area contributed by atoms with Crippen molar-refractivity contribution in [3.63, 3.8) is 0 Å². The number of H-pyrrole nitrogens is 1. The Morgan fingerprint density at radius 1 is 1.06 bits per heavy atom. The number of halogens is 2. The van der Waals surface area contributed by atoms with Crippen LogP contribution in [0.2, 0.25) is 0 Å². The quantitative estimate of drug-likeness (QED) is 0.462. The Hall–Kier alpha value is -3.74. The van der Waals surface area contributed by atoms with Crippen molar-refractivity contribution in [2.75, 3.05) is 0 Å². The molecule has 4 aromatic rings. The van der Waals surface area contributed by atoms with Gasteiger partial charge in [-0.05, 0) is 43.3 Å². The zero-order valence-electron chi connectivity index (χ0n) is 17.4. The molecule has 7 heteroatoms. The molecule has 2 heterocycles. The molecule has 0 radical (unpaired) electrons. The molecule has 0 fully saturated rings. The molecule has 0 saturated carbocycles. The number of ether oxygens (including phenoxy) is 1. The van der Waals surface area contributed by atoms with Crippen molar-refractivity contribution in [2.45, 2.75) is 31.9 Å². The van der Waals surface area contributed by atoms with Crippen molar-refractivity contribution in [3.05, 3.63) is 87.6 Å².